The van der Waals surface area contributed by atoms with Crippen molar-refractivity contribution in [2.45, 2.75) is 45.1 Å². The highest BCUT2D eigenvalue weighted by Crippen LogP contribution is 2.29. The first-order valence-corrected chi connectivity index (χ1v) is 10.7. The molecule has 0 fully saturated rings. The average molecular weight is 387 g/mol. The largest absolute Gasteiger partial charge is 0.310 e. The number of hydrogen-bond donors (Lipinski definition) is 1. The Kier molecular flexibility index (Phi) is 5.40. The molecule has 0 radical (unpaired) electrons. The van der Waals surface area contributed by atoms with Crippen LogP contribution in [0.25, 0.3) is 0 Å². The van der Waals surface area contributed by atoms with Gasteiger partial charge in [-0.05, 0) is 49.4 Å². The minimum Gasteiger partial charge on any atom is -0.310 e. The predicted octanol–water partition coefficient (Wildman–Crippen LogP) is 3.20. The van der Waals surface area contributed by atoms with Crippen molar-refractivity contribution in [2.24, 2.45) is 5.92 Å². The van der Waals surface area contributed by atoms with Crippen molar-refractivity contribution in [3.05, 3.63) is 59.2 Å². The van der Waals surface area contributed by atoms with Crippen LogP contribution in [-0.4, -0.2) is 26.9 Å². The van der Waals surface area contributed by atoms with E-state index in [0.29, 0.717) is 12.1 Å². The summed E-state index contributed by atoms with van der Waals surface area (Å²) in [5, 5.41) is 0. The number of nitrogens with zero attached hydrogens (tertiary/aromatic N) is 1. The summed E-state index contributed by atoms with van der Waals surface area (Å²) < 4.78 is 28.6. The van der Waals surface area contributed by atoms with Gasteiger partial charge >= 0.3 is 0 Å². The zero-order valence-corrected chi connectivity index (χ0v) is 17.0. The lowest BCUT2D eigenvalue weighted by molar-refractivity contribution is -0.121. The summed E-state index contributed by atoms with van der Waals surface area (Å²) >= 11 is 0. The number of para-hydroxylation sites is 1. The van der Waals surface area contributed by atoms with Crippen LogP contribution in [0.4, 0.5) is 5.69 Å². The van der Waals surface area contributed by atoms with Crippen molar-refractivity contribution < 1.29 is 13.2 Å². The molecule has 2 aromatic carbocycles. The zero-order valence-electron chi connectivity index (χ0n) is 16.2. The third kappa shape index (κ3) is 3.92. The second-order valence-corrected chi connectivity index (χ2v) is 9.16. The molecule has 6 heteroatoms. The Labute approximate surface area is 161 Å². The fourth-order valence-corrected chi connectivity index (χ4v) is 5.10. The molecule has 1 N–H and O–H groups in total. The lowest BCUT2D eigenvalue weighted by Crippen LogP contribution is -2.51. The van der Waals surface area contributed by atoms with E-state index >= 15 is 0 Å². The summed E-state index contributed by atoms with van der Waals surface area (Å²) in [5.74, 6) is -0.380. The first-order valence-electron chi connectivity index (χ1n) is 9.19. The molecular formula is C21H26N2O3S. The van der Waals surface area contributed by atoms with E-state index in [-0.39, 0.29) is 16.7 Å². The van der Waals surface area contributed by atoms with Crippen LogP contribution in [0, 0.1) is 19.8 Å². The maximum absolute atomic E-state index is 13.2. The van der Waals surface area contributed by atoms with Gasteiger partial charge in [-0.3, -0.25) is 4.79 Å². The SMILES string of the molecule is Cc1ccc(S(=O)(=O)N[C@H](C(=O)N2CCc3ccccc32)C(C)C)c(C)c1. The molecule has 0 saturated carbocycles. The van der Waals surface area contributed by atoms with Crippen molar-refractivity contribution in [2.75, 3.05) is 11.4 Å². The van der Waals surface area contributed by atoms with Gasteiger partial charge in [-0.1, -0.05) is 49.7 Å². The van der Waals surface area contributed by atoms with Gasteiger partial charge in [-0.15, -0.1) is 0 Å². The highest BCUT2D eigenvalue weighted by atomic mass is 32.2. The number of carbonyl (C=O) groups excluding carboxylic acids is 1. The number of sulfonamides is 1. The number of aryl methyl sites for hydroxylation is 2. The molecule has 0 unspecified atom stereocenters. The molecule has 0 spiro atoms. The quantitative estimate of drug-likeness (QED) is 0.858. The topological polar surface area (TPSA) is 66.5 Å². The number of nitrogens with one attached hydrogen (secondary N) is 1. The lowest BCUT2D eigenvalue weighted by Gasteiger charge is -2.27. The van der Waals surface area contributed by atoms with Crippen LogP contribution in [0.1, 0.15) is 30.5 Å². The Morgan fingerprint density at radius 3 is 2.48 bits per heavy atom. The molecule has 1 amide bonds. The fourth-order valence-electron chi connectivity index (χ4n) is 3.54. The zero-order chi connectivity index (χ0) is 19.8. The van der Waals surface area contributed by atoms with E-state index in [0.717, 1.165) is 23.2 Å². The summed E-state index contributed by atoms with van der Waals surface area (Å²) in [4.78, 5) is 15.1. The number of fused-ring (bicyclic) bond motifs is 1. The number of anilines is 1. The second kappa shape index (κ2) is 7.44. The maximum Gasteiger partial charge on any atom is 0.245 e. The monoisotopic (exact) mass is 386 g/mol. The molecule has 1 atom stereocenters. The molecule has 1 aliphatic heterocycles. The predicted molar refractivity (Wildman–Crippen MR) is 107 cm³/mol. The summed E-state index contributed by atoms with van der Waals surface area (Å²) in [6.07, 6.45) is 0.788. The molecule has 1 aliphatic rings. The summed E-state index contributed by atoms with van der Waals surface area (Å²) in [7, 11) is -3.80. The van der Waals surface area contributed by atoms with Gasteiger partial charge in [0, 0.05) is 12.2 Å². The normalized spacial score (nSPS) is 15.1. The molecule has 1 heterocycles. The van der Waals surface area contributed by atoms with Crippen molar-refractivity contribution in [1.82, 2.24) is 4.72 Å². The molecule has 3 rings (SSSR count). The maximum atomic E-state index is 13.2. The third-order valence-electron chi connectivity index (χ3n) is 4.99. The molecule has 0 bridgehead atoms. The van der Waals surface area contributed by atoms with Gasteiger partial charge < -0.3 is 4.90 Å². The molecule has 0 aromatic heterocycles. The van der Waals surface area contributed by atoms with E-state index < -0.39 is 16.1 Å². The van der Waals surface area contributed by atoms with E-state index in [1.54, 1.807) is 24.0 Å². The van der Waals surface area contributed by atoms with Gasteiger partial charge in [0.05, 0.1) is 4.90 Å². The molecular weight excluding hydrogens is 360 g/mol. The van der Waals surface area contributed by atoms with Crippen LogP contribution in [0.5, 0.6) is 0 Å². The van der Waals surface area contributed by atoms with E-state index in [1.165, 1.54) is 0 Å². The first kappa shape index (κ1) is 19.6. The number of hydrogen-bond acceptors (Lipinski definition) is 3. The standard InChI is InChI=1S/C21H26N2O3S/c1-14(2)20(21(24)23-12-11-17-7-5-6-8-18(17)23)22-27(25,26)19-10-9-15(3)13-16(19)4/h5-10,13-14,20,22H,11-12H2,1-4H3/t20-/m0/s1. The van der Waals surface area contributed by atoms with Crippen LogP contribution in [0.2, 0.25) is 0 Å². The third-order valence-corrected chi connectivity index (χ3v) is 6.59. The molecule has 2 aromatic rings. The number of amides is 1. The molecule has 0 saturated heterocycles. The highest BCUT2D eigenvalue weighted by molar-refractivity contribution is 7.89. The molecule has 27 heavy (non-hydrogen) atoms. The van der Waals surface area contributed by atoms with Crippen molar-refractivity contribution in [1.29, 1.82) is 0 Å². The van der Waals surface area contributed by atoms with Crippen molar-refractivity contribution in [3.8, 4) is 0 Å². The van der Waals surface area contributed by atoms with E-state index in [2.05, 4.69) is 4.72 Å². The van der Waals surface area contributed by atoms with Gasteiger partial charge in [0.15, 0.2) is 0 Å². The summed E-state index contributed by atoms with van der Waals surface area (Å²) in [6.45, 7) is 7.98. The fraction of sp³-hybridized carbons (Fsp3) is 0.381. The van der Waals surface area contributed by atoms with Gasteiger partial charge in [-0.25, -0.2) is 8.42 Å². The van der Waals surface area contributed by atoms with Gasteiger partial charge in [0.2, 0.25) is 15.9 Å². The summed E-state index contributed by atoms with van der Waals surface area (Å²) in [5.41, 5.74) is 3.66. The van der Waals surface area contributed by atoms with Crippen molar-refractivity contribution in [3.63, 3.8) is 0 Å². The Bertz CT molecular complexity index is 967. The number of benzene rings is 2. The van der Waals surface area contributed by atoms with E-state index in [9.17, 15) is 13.2 Å². The minimum absolute atomic E-state index is 0.175. The van der Waals surface area contributed by atoms with E-state index in [1.807, 2.05) is 51.1 Å². The smallest absolute Gasteiger partial charge is 0.245 e. The lowest BCUT2D eigenvalue weighted by atomic mass is 10.0. The molecule has 5 nitrogen and oxygen atoms in total. The average Bonchev–Trinajstić information content (AvgIpc) is 3.02. The van der Waals surface area contributed by atoms with Gasteiger partial charge in [-0.2, -0.15) is 4.72 Å². The summed E-state index contributed by atoms with van der Waals surface area (Å²) in [6, 6.07) is 12.1. The van der Waals surface area contributed by atoms with Crippen molar-refractivity contribution >= 4 is 21.6 Å². The Balaban J connectivity index is 1.89. The Hall–Kier alpha value is -2.18. The Morgan fingerprint density at radius 1 is 1.11 bits per heavy atom. The van der Waals surface area contributed by atoms with Gasteiger partial charge in [0.1, 0.15) is 6.04 Å². The minimum atomic E-state index is -3.80. The second-order valence-electron chi connectivity index (χ2n) is 7.48. The highest BCUT2D eigenvalue weighted by Gasteiger charge is 2.35. The number of carbonyl (C=O) groups is 1. The van der Waals surface area contributed by atoms with Crippen LogP contribution < -0.4 is 9.62 Å². The first-order chi connectivity index (χ1) is 12.7. The van der Waals surface area contributed by atoms with Crippen LogP contribution >= 0.6 is 0 Å². The van der Waals surface area contributed by atoms with Gasteiger partial charge in [0.25, 0.3) is 0 Å². The Morgan fingerprint density at radius 2 is 1.81 bits per heavy atom. The van der Waals surface area contributed by atoms with Crippen LogP contribution in [-0.2, 0) is 21.2 Å². The van der Waals surface area contributed by atoms with Crippen LogP contribution in [0.3, 0.4) is 0 Å². The molecule has 144 valence electrons. The van der Waals surface area contributed by atoms with E-state index in [4.69, 9.17) is 0 Å². The van der Waals surface area contributed by atoms with Crippen LogP contribution in [0.15, 0.2) is 47.4 Å². The molecule has 0 aliphatic carbocycles. The number of rotatable bonds is 5.